The van der Waals surface area contributed by atoms with Crippen molar-refractivity contribution in [3.8, 4) is 0 Å². The van der Waals surface area contributed by atoms with Crippen molar-refractivity contribution in [2.75, 3.05) is 0 Å². The van der Waals surface area contributed by atoms with E-state index in [1.54, 1.807) is 0 Å². The summed E-state index contributed by atoms with van der Waals surface area (Å²) in [6.45, 7) is 2.10. The number of alkyl halides is 1. The number of halogens is 1. The highest BCUT2D eigenvalue weighted by Gasteiger charge is 2.03. The van der Waals surface area contributed by atoms with Crippen LogP contribution < -0.4 is 0 Å². The predicted molar refractivity (Wildman–Crippen MR) is 68.8 cm³/mol. The van der Waals surface area contributed by atoms with Crippen LogP contribution in [0.25, 0.3) is 0 Å². The molecule has 0 fully saturated rings. The number of hydrogen-bond acceptors (Lipinski definition) is 1. The fraction of sp³-hybridized carbons (Fsp3) is 0.500. The van der Waals surface area contributed by atoms with Crippen molar-refractivity contribution in [3.63, 3.8) is 0 Å². The third kappa shape index (κ3) is 3.96. The van der Waals surface area contributed by atoms with Crippen molar-refractivity contribution in [2.24, 2.45) is 0 Å². The van der Waals surface area contributed by atoms with E-state index in [-0.39, 0.29) is 6.10 Å². The molecule has 0 saturated carbocycles. The maximum absolute atomic E-state index is 9.63. The first kappa shape index (κ1) is 12.0. The van der Waals surface area contributed by atoms with E-state index >= 15 is 0 Å². The Balaban J connectivity index is 2.50. The zero-order valence-corrected chi connectivity index (χ0v) is 10.7. The zero-order chi connectivity index (χ0) is 10.4. The van der Waals surface area contributed by atoms with E-state index < -0.39 is 0 Å². The van der Waals surface area contributed by atoms with Crippen LogP contribution in [0.4, 0.5) is 0 Å². The second-order valence-electron chi connectivity index (χ2n) is 3.60. The van der Waals surface area contributed by atoms with Crippen LogP contribution in [0.1, 0.15) is 30.9 Å². The summed E-state index contributed by atoms with van der Waals surface area (Å²) < 4.78 is 1.05. The fourth-order valence-electron chi connectivity index (χ4n) is 1.47. The molecule has 0 aliphatic rings. The molecule has 0 heterocycles. The van der Waals surface area contributed by atoms with Crippen molar-refractivity contribution >= 4 is 22.6 Å². The lowest BCUT2D eigenvalue weighted by atomic mass is 10.0. The Hall–Kier alpha value is -0.0900. The molecular formula is C12H17IO. The highest BCUT2D eigenvalue weighted by Crippen LogP contribution is 2.11. The number of hydrogen-bond donors (Lipinski definition) is 1. The summed E-state index contributed by atoms with van der Waals surface area (Å²) in [4.78, 5) is 0. The Morgan fingerprint density at radius 1 is 1.21 bits per heavy atom. The molecule has 1 atom stereocenters. The second kappa shape index (κ2) is 6.40. The Labute approximate surface area is 99.7 Å². The average molecular weight is 304 g/mol. The average Bonchev–Trinajstić information content (AvgIpc) is 2.19. The van der Waals surface area contributed by atoms with Gasteiger partial charge in [-0.05, 0) is 24.0 Å². The van der Waals surface area contributed by atoms with E-state index in [1.165, 1.54) is 11.1 Å². The van der Waals surface area contributed by atoms with E-state index in [0.29, 0.717) is 0 Å². The smallest absolute Gasteiger partial charge is 0.0580 e. The summed E-state index contributed by atoms with van der Waals surface area (Å²) >= 11 is 2.35. The van der Waals surface area contributed by atoms with E-state index in [0.717, 1.165) is 23.7 Å². The molecule has 0 aliphatic carbocycles. The van der Waals surface area contributed by atoms with Gasteiger partial charge in [0.05, 0.1) is 6.10 Å². The van der Waals surface area contributed by atoms with Gasteiger partial charge < -0.3 is 5.11 Å². The minimum atomic E-state index is -0.176. The Bertz CT molecular complexity index is 256. The summed E-state index contributed by atoms with van der Waals surface area (Å²) in [7, 11) is 0. The predicted octanol–water partition coefficient (Wildman–Crippen LogP) is 3.33. The van der Waals surface area contributed by atoms with Gasteiger partial charge in [0.15, 0.2) is 0 Å². The lowest BCUT2D eigenvalue weighted by molar-refractivity contribution is 0.164. The Morgan fingerprint density at radius 2 is 1.79 bits per heavy atom. The molecule has 1 nitrogen and oxygen atoms in total. The van der Waals surface area contributed by atoms with Gasteiger partial charge in [0, 0.05) is 4.43 Å². The van der Waals surface area contributed by atoms with Gasteiger partial charge in [-0.1, -0.05) is 60.2 Å². The van der Waals surface area contributed by atoms with Gasteiger partial charge in [-0.15, -0.1) is 0 Å². The highest BCUT2D eigenvalue weighted by atomic mass is 127. The molecule has 0 spiro atoms. The molecule has 1 aromatic carbocycles. The van der Waals surface area contributed by atoms with Gasteiger partial charge in [0.2, 0.25) is 0 Å². The van der Waals surface area contributed by atoms with Gasteiger partial charge in [0.1, 0.15) is 0 Å². The van der Waals surface area contributed by atoms with Crippen molar-refractivity contribution in [1.82, 2.24) is 0 Å². The SMILES string of the molecule is CCCC(O)Cc1ccc(CI)cc1. The minimum Gasteiger partial charge on any atom is -0.393 e. The molecule has 0 bridgehead atoms. The van der Waals surface area contributed by atoms with Crippen molar-refractivity contribution in [1.29, 1.82) is 0 Å². The van der Waals surface area contributed by atoms with Gasteiger partial charge in [-0.3, -0.25) is 0 Å². The van der Waals surface area contributed by atoms with Gasteiger partial charge in [-0.25, -0.2) is 0 Å². The first-order chi connectivity index (χ1) is 6.76. The molecule has 1 N–H and O–H groups in total. The molecular weight excluding hydrogens is 287 g/mol. The van der Waals surface area contributed by atoms with Crippen LogP contribution in [0.3, 0.4) is 0 Å². The molecule has 0 aliphatic heterocycles. The molecule has 0 radical (unpaired) electrons. The van der Waals surface area contributed by atoms with E-state index in [9.17, 15) is 5.11 Å². The first-order valence-electron chi connectivity index (χ1n) is 5.08. The third-order valence-electron chi connectivity index (χ3n) is 2.27. The quantitative estimate of drug-likeness (QED) is 0.653. The summed E-state index contributed by atoms with van der Waals surface area (Å²) in [6, 6.07) is 8.51. The van der Waals surface area contributed by atoms with Crippen LogP contribution in [0.15, 0.2) is 24.3 Å². The van der Waals surface area contributed by atoms with E-state index in [4.69, 9.17) is 0 Å². The van der Waals surface area contributed by atoms with Crippen molar-refractivity contribution < 1.29 is 5.11 Å². The summed E-state index contributed by atoms with van der Waals surface area (Å²) in [6.07, 6.45) is 2.56. The van der Waals surface area contributed by atoms with Crippen LogP contribution >= 0.6 is 22.6 Å². The number of aliphatic hydroxyl groups excluding tert-OH is 1. The lowest BCUT2D eigenvalue weighted by Crippen LogP contribution is -2.09. The zero-order valence-electron chi connectivity index (χ0n) is 8.54. The summed E-state index contributed by atoms with van der Waals surface area (Å²) in [5.41, 5.74) is 2.58. The molecule has 0 saturated heterocycles. The standard InChI is InChI=1S/C12H17IO/c1-2-3-12(14)8-10-4-6-11(9-13)7-5-10/h4-7,12,14H,2-3,8-9H2,1H3. The molecule has 1 aromatic rings. The van der Waals surface area contributed by atoms with E-state index in [1.807, 2.05) is 0 Å². The largest absolute Gasteiger partial charge is 0.393 e. The molecule has 2 heteroatoms. The normalized spacial score (nSPS) is 12.8. The monoisotopic (exact) mass is 304 g/mol. The summed E-state index contributed by atoms with van der Waals surface area (Å²) in [5.74, 6) is 0. The van der Waals surface area contributed by atoms with Crippen LogP contribution in [0, 0.1) is 0 Å². The van der Waals surface area contributed by atoms with Crippen molar-refractivity contribution in [3.05, 3.63) is 35.4 Å². The molecule has 0 aromatic heterocycles. The van der Waals surface area contributed by atoms with E-state index in [2.05, 4.69) is 53.8 Å². The topological polar surface area (TPSA) is 20.2 Å². The van der Waals surface area contributed by atoms with Crippen LogP contribution in [-0.4, -0.2) is 11.2 Å². The molecule has 1 rings (SSSR count). The second-order valence-corrected chi connectivity index (χ2v) is 4.36. The van der Waals surface area contributed by atoms with Crippen LogP contribution in [0.2, 0.25) is 0 Å². The number of rotatable bonds is 5. The lowest BCUT2D eigenvalue weighted by Gasteiger charge is -2.09. The fourth-order valence-corrected chi connectivity index (χ4v) is 1.98. The van der Waals surface area contributed by atoms with Crippen LogP contribution in [-0.2, 0) is 10.8 Å². The summed E-state index contributed by atoms with van der Waals surface area (Å²) in [5, 5.41) is 9.63. The number of benzene rings is 1. The van der Waals surface area contributed by atoms with Crippen LogP contribution in [0.5, 0.6) is 0 Å². The van der Waals surface area contributed by atoms with Gasteiger partial charge in [0.25, 0.3) is 0 Å². The maximum atomic E-state index is 9.63. The Kier molecular flexibility index (Phi) is 5.48. The van der Waals surface area contributed by atoms with Gasteiger partial charge >= 0.3 is 0 Å². The first-order valence-corrected chi connectivity index (χ1v) is 6.60. The maximum Gasteiger partial charge on any atom is 0.0580 e. The van der Waals surface area contributed by atoms with Gasteiger partial charge in [-0.2, -0.15) is 0 Å². The number of aliphatic hydroxyl groups is 1. The molecule has 0 amide bonds. The third-order valence-corrected chi connectivity index (χ3v) is 3.15. The molecule has 1 unspecified atom stereocenters. The molecule has 14 heavy (non-hydrogen) atoms. The Morgan fingerprint density at radius 3 is 2.29 bits per heavy atom. The highest BCUT2D eigenvalue weighted by molar-refractivity contribution is 14.1. The molecule has 78 valence electrons. The van der Waals surface area contributed by atoms with Crippen molar-refractivity contribution in [2.45, 2.75) is 36.7 Å². The minimum absolute atomic E-state index is 0.176.